The number of aromatic nitrogens is 1. The van der Waals surface area contributed by atoms with E-state index in [1.54, 1.807) is 12.4 Å². The Hall–Kier alpha value is -1.00. The fraction of sp³-hybridized carbons (Fsp3) is 0.583. The number of anilines is 2. The van der Waals surface area contributed by atoms with Crippen molar-refractivity contribution >= 4 is 23.0 Å². The van der Waals surface area contributed by atoms with Gasteiger partial charge in [0.1, 0.15) is 0 Å². The van der Waals surface area contributed by atoms with E-state index in [0.29, 0.717) is 10.7 Å². The lowest BCUT2D eigenvalue weighted by Crippen LogP contribution is -2.08. The van der Waals surface area contributed by atoms with Crippen LogP contribution in [0.5, 0.6) is 0 Å². The van der Waals surface area contributed by atoms with Crippen LogP contribution in [0.3, 0.4) is 0 Å². The second-order valence-electron chi connectivity index (χ2n) is 4.38. The monoisotopic (exact) mass is 255 g/mol. The predicted molar refractivity (Wildman–Crippen MR) is 70.3 cm³/mol. The smallest absolute Gasteiger partial charge is 0.0841 e. The minimum absolute atomic E-state index is 0.559. The summed E-state index contributed by atoms with van der Waals surface area (Å²) in [5.74, 6) is 0.827. The van der Waals surface area contributed by atoms with Crippen molar-refractivity contribution in [3.8, 4) is 0 Å². The van der Waals surface area contributed by atoms with Crippen LogP contribution in [0.4, 0.5) is 11.4 Å². The summed E-state index contributed by atoms with van der Waals surface area (Å²) in [7, 11) is 0. The lowest BCUT2D eigenvalue weighted by atomic mass is 10.3. The van der Waals surface area contributed by atoms with Crippen molar-refractivity contribution in [2.24, 2.45) is 5.92 Å². The summed E-state index contributed by atoms with van der Waals surface area (Å²) in [5.41, 5.74) is 7.12. The summed E-state index contributed by atoms with van der Waals surface area (Å²) in [5, 5.41) is 3.77. The van der Waals surface area contributed by atoms with E-state index in [1.807, 2.05) is 0 Å². The molecule has 0 aromatic carbocycles. The van der Waals surface area contributed by atoms with Gasteiger partial charge in [0.15, 0.2) is 0 Å². The molecule has 0 spiro atoms. The van der Waals surface area contributed by atoms with Crippen LogP contribution in [0.1, 0.15) is 19.3 Å². The highest BCUT2D eigenvalue weighted by Crippen LogP contribution is 2.29. The van der Waals surface area contributed by atoms with Gasteiger partial charge in [0, 0.05) is 26.0 Å². The molecule has 1 aromatic rings. The maximum absolute atomic E-state index is 5.98. The van der Waals surface area contributed by atoms with E-state index in [9.17, 15) is 0 Å². The first-order valence-electron chi connectivity index (χ1n) is 5.98. The molecular formula is C12H18ClN3O. The van der Waals surface area contributed by atoms with E-state index in [0.717, 1.165) is 37.8 Å². The SMILES string of the molecule is Nc1cncc(Cl)c1NCCCOCC1CC1. The number of rotatable bonds is 7. The lowest BCUT2D eigenvalue weighted by Gasteiger charge is -2.10. The van der Waals surface area contributed by atoms with Gasteiger partial charge in [-0.1, -0.05) is 11.6 Å². The van der Waals surface area contributed by atoms with Crippen molar-refractivity contribution in [3.63, 3.8) is 0 Å². The Morgan fingerprint density at radius 1 is 1.47 bits per heavy atom. The van der Waals surface area contributed by atoms with Crippen molar-refractivity contribution in [1.29, 1.82) is 0 Å². The van der Waals surface area contributed by atoms with Gasteiger partial charge in [0.2, 0.25) is 0 Å². The number of halogens is 1. The fourth-order valence-electron chi connectivity index (χ4n) is 1.56. The topological polar surface area (TPSA) is 60.2 Å². The Labute approximate surface area is 107 Å². The number of pyridine rings is 1. The number of nitrogens with one attached hydrogen (secondary N) is 1. The van der Waals surface area contributed by atoms with Crippen LogP contribution in [-0.2, 0) is 4.74 Å². The molecule has 0 aliphatic heterocycles. The highest BCUT2D eigenvalue weighted by atomic mass is 35.5. The molecule has 0 amide bonds. The average molecular weight is 256 g/mol. The van der Waals surface area contributed by atoms with Gasteiger partial charge in [-0.15, -0.1) is 0 Å². The maximum atomic E-state index is 5.98. The van der Waals surface area contributed by atoms with Gasteiger partial charge in [0.25, 0.3) is 0 Å². The third-order valence-electron chi connectivity index (χ3n) is 2.75. The summed E-state index contributed by atoms with van der Waals surface area (Å²) in [6.07, 6.45) is 6.80. The van der Waals surface area contributed by atoms with Gasteiger partial charge >= 0.3 is 0 Å². The van der Waals surface area contributed by atoms with Crippen molar-refractivity contribution in [3.05, 3.63) is 17.4 Å². The van der Waals surface area contributed by atoms with Gasteiger partial charge in [0.05, 0.1) is 22.6 Å². The minimum atomic E-state index is 0.559. The zero-order chi connectivity index (χ0) is 12.1. The Balaban J connectivity index is 1.63. The molecule has 3 N–H and O–H groups in total. The lowest BCUT2D eigenvalue weighted by molar-refractivity contribution is 0.124. The third-order valence-corrected chi connectivity index (χ3v) is 3.03. The number of nitrogens with zero attached hydrogens (tertiary/aromatic N) is 1. The van der Waals surface area contributed by atoms with E-state index in [-0.39, 0.29) is 0 Å². The Morgan fingerprint density at radius 3 is 3.00 bits per heavy atom. The maximum Gasteiger partial charge on any atom is 0.0841 e. The number of nitrogen functional groups attached to an aromatic ring is 1. The summed E-state index contributed by atoms with van der Waals surface area (Å²) >= 11 is 5.98. The van der Waals surface area contributed by atoms with Gasteiger partial charge in [-0.25, -0.2) is 0 Å². The molecule has 1 saturated carbocycles. The normalized spacial score (nSPS) is 14.9. The molecule has 2 rings (SSSR count). The number of hydrogen-bond donors (Lipinski definition) is 2. The summed E-state index contributed by atoms with van der Waals surface area (Å²) < 4.78 is 5.54. The zero-order valence-electron chi connectivity index (χ0n) is 9.79. The number of nitrogens with two attached hydrogens (primary N) is 1. The number of ether oxygens (including phenoxy) is 1. The fourth-order valence-corrected chi connectivity index (χ4v) is 1.79. The van der Waals surface area contributed by atoms with Crippen LogP contribution in [-0.4, -0.2) is 24.7 Å². The molecule has 1 aliphatic carbocycles. The van der Waals surface area contributed by atoms with Gasteiger partial charge in [-0.3, -0.25) is 4.98 Å². The standard InChI is InChI=1S/C12H18ClN3O/c13-10-6-15-7-11(14)12(10)16-4-1-5-17-8-9-2-3-9/h6-7,9H,1-5,8,14H2,(H,15,16). The molecule has 4 nitrogen and oxygen atoms in total. The van der Waals surface area contributed by atoms with Crippen molar-refractivity contribution in [1.82, 2.24) is 4.98 Å². The van der Waals surface area contributed by atoms with E-state index >= 15 is 0 Å². The third kappa shape index (κ3) is 4.06. The predicted octanol–water partition coefficient (Wildman–Crippen LogP) is 2.55. The summed E-state index contributed by atoms with van der Waals surface area (Å²) in [6, 6.07) is 0. The summed E-state index contributed by atoms with van der Waals surface area (Å²) in [6.45, 7) is 2.50. The van der Waals surface area contributed by atoms with Gasteiger partial charge in [-0.2, -0.15) is 0 Å². The second kappa shape index (κ2) is 6.07. The molecule has 0 radical (unpaired) electrons. The molecule has 0 bridgehead atoms. The molecule has 0 unspecified atom stereocenters. The molecule has 17 heavy (non-hydrogen) atoms. The first-order valence-corrected chi connectivity index (χ1v) is 6.36. The number of hydrogen-bond acceptors (Lipinski definition) is 4. The highest BCUT2D eigenvalue weighted by Gasteiger charge is 2.20. The molecule has 1 aliphatic rings. The molecule has 94 valence electrons. The Morgan fingerprint density at radius 2 is 2.29 bits per heavy atom. The molecule has 0 atom stereocenters. The first-order chi connectivity index (χ1) is 8.27. The Bertz CT molecular complexity index is 349. The summed E-state index contributed by atoms with van der Waals surface area (Å²) in [4.78, 5) is 3.91. The van der Waals surface area contributed by atoms with E-state index in [4.69, 9.17) is 22.1 Å². The highest BCUT2D eigenvalue weighted by molar-refractivity contribution is 6.33. The second-order valence-corrected chi connectivity index (χ2v) is 4.79. The zero-order valence-corrected chi connectivity index (χ0v) is 10.5. The van der Waals surface area contributed by atoms with E-state index in [2.05, 4.69) is 10.3 Å². The van der Waals surface area contributed by atoms with Crippen molar-refractivity contribution < 1.29 is 4.74 Å². The van der Waals surface area contributed by atoms with Gasteiger partial charge in [-0.05, 0) is 25.2 Å². The Kier molecular flexibility index (Phi) is 4.45. The van der Waals surface area contributed by atoms with Crippen molar-refractivity contribution in [2.75, 3.05) is 30.8 Å². The van der Waals surface area contributed by atoms with E-state index < -0.39 is 0 Å². The van der Waals surface area contributed by atoms with Gasteiger partial charge < -0.3 is 15.8 Å². The van der Waals surface area contributed by atoms with E-state index in [1.165, 1.54) is 12.8 Å². The van der Waals surface area contributed by atoms with Crippen molar-refractivity contribution in [2.45, 2.75) is 19.3 Å². The van der Waals surface area contributed by atoms with Crippen LogP contribution in [0.25, 0.3) is 0 Å². The largest absolute Gasteiger partial charge is 0.396 e. The average Bonchev–Trinajstić information content (AvgIpc) is 3.10. The van der Waals surface area contributed by atoms with Crippen LogP contribution < -0.4 is 11.1 Å². The quantitative estimate of drug-likeness (QED) is 0.735. The first kappa shape index (κ1) is 12.5. The molecule has 5 heteroatoms. The molecule has 1 aromatic heterocycles. The molecular weight excluding hydrogens is 238 g/mol. The van der Waals surface area contributed by atoms with Crippen LogP contribution >= 0.6 is 11.6 Å². The minimum Gasteiger partial charge on any atom is -0.396 e. The van der Waals surface area contributed by atoms with Crippen LogP contribution in [0.15, 0.2) is 12.4 Å². The molecule has 0 saturated heterocycles. The van der Waals surface area contributed by atoms with Crippen LogP contribution in [0.2, 0.25) is 5.02 Å². The van der Waals surface area contributed by atoms with Crippen LogP contribution in [0, 0.1) is 5.92 Å². The molecule has 1 fully saturated rings. The molecule has 1 heterocycles.